The fourth-order valence-corrected chi connectivity index (χ4v) is 5.43. The predicted octanol–water partition coefficient (Wildman–Crippen LogP) is 7.44. The minimum atomic E-state index is -4.45. The van der Waals surface area contributed by atoms with Crippen molar-refractivity contribution in [3.63, 3.8) is 0 Å². The van der Waals surface area contributed by atoms with Gasteiger partial charge in [-0.2, -0.15) is 13.2 Å². The number of ether oxygens (including phenoxy) is 3. The van der Waals surface area contributed by atoms with Crippen LogP contribution in [0.3, 0.4) is 0 Å². The number of nitrogens with zero attached hydrogens (tertiary/aromatic N) is 1. The number of hydrogen-bond acceptors (Lipinski definition) is 5. The van der Waals surface area contributed by atoms with E-state index in [2.05, 4.69) is 4.90 Å². The number of hydrogen-bond donors (Lipinski definition) is 0. The molecular weight excluding hydrogens is 531 g/mol. The summed E-state index contributed by atoms with van der Waals surface area (Å²) in [5.74, 6) is 0.639. The molecule has 1 saturated heterocycles. The standard InChI is InChI=1S/C33H36F3NO4/c1-32(2,3)31(38)41-26-13-14-27-29(20-26)40-21-28(23-7-6-8-24(19-23)33(34,35)36)30(27)22-9-11-25(12-10-22)39-18-17-37-15-4-5-16-37/h6-14,19-20,28,30H,4-5,15-18,21H2,1-3H3/t28-,30-/m0/s1. The van der Waals surface area contributed by atoms with Crippen LogP contribution in [-0.2, 0) is 11.0 Å². The van der Waals surface area contributed by atoms with Crippen molar-refractivity contribution in [1.82, 2.24) is 4.90 Å². The molecule has 2 heterocycles. The second kappa shape index (κ2) is 11.8. The molecule has 0 unspecified atom stereocenters. The van der Waals surface area contributed by atoms with Crippen LogP contribution in [0, 0.1) is 5.41 Å². The van der Waals surface area contributed by atoms with Crippen LogP contribution in [0.15, 0.2) is 66.7 Å². The van der Waals surface area contributed by atoms with E-state index in [-0.39, 0.29) is 24.4 Å². The lowest BCUT2D eigenvalue weighted by Gasteiger charge is -2.35. The molecule has 0 bridgehead atoms. The molecule has 3 aromatic rings. The van der Waals surface area contributed by atoms with Crippen LogP contribution in [0.5, 0.6) is 17.2 Å². The predicted molar refractivity (Wildman–Crippen MR) is 151 cm³/mol. The smallest absolute Gasteiger partial charge is 0.416 e. The number of halogens is 3. The summed E-state index contributed by atoms with van der Waals surface area (Å²) in [5.41, 5.74) is 0.933. The number of rotatable bonds is 7. The molecule has 2 aliphatic heterocycles. The number of fused-ring (bicyclic) bond motifs is 1. The van der Waals surface area contributed by atoms with Gasteiger partial charge in [0.1, 0.15) is 23.9 Å². The number of alkyl halides is 3. The first-order chi connectivity index (χ1) is 19.5. The lowest BCUT2D eigenvalue weighted by atomic mass is 9.75. The minimum absolute atomic E-state index is 0.170. The summed E-state index contributed by atoms with van der Waals surface area (Å²) in [6.45, 7) is 9.21. The first kappa shape index (κ1) is 29.0. The van der Waals surface area contributed by atoms with E-state index in [1.165, 1.54) is 25.0 Å². The molecule has 3 aromatic carbocycles. The molecule has 2 atom stereocenters. The van der Waals surface area contributed by atoms with Crippen molar-refractivity contribution >= 4 is 5.97 Å². The largest absolute Gasteiger partial charge is 0.492 e. The second-order valence-electron chi connectivity index (χ2n) is 11.8. The maximum Gasteiger partial charge on any atom is 0.416 e. The molecule has 0 saturated carbocycles. The van der Waals surface area contributed by atoms with Gasteiger partial charge < -0.3 is 14.2 Å². The van der Waals surface area contributed by atoms with E-state index < -0.39 is 17.2 Å². The van der Waals surface area contributed by atoms with Gasteiger partial charge >= 0.3 is 12.1 Å². The molecule has 41 heavy (non-hydrogen) atoms. The third kappa shape index (κ3) is 6.87. The average Bonchev–Trinajstić information content (AvgIpc) is 3.45. The van der Waals surface area contributed by atoms with E-state index in [9.17, 15) is 18.0 Å². The molecule has 0 amide bonds. The Balaban J connectivity index is 1.44. The number of carbonyl (C=O) groups is 1. The summed E-state index contributed by atoms with van der Waals surface area (Å²) in [6, 6.07) is 18.5. The SMILES string of the molecule is CC(C)(C)C(=O)Oc1ccc2c(c1)OC[C@@H](c1cccc(C(F)(F)F)c1)[C@H]2c1ccc(OCCN2CCCC2)cc1. The Morgan fingerprint density at radius 3 is 2.32 bits per heavy atom. The monoisotopic (exact) mass is 567 g/mol. The van der Waals surface area contributed by atoms with Crippen molar-refractivity contribution in [1.29, 1.82) is 0 Å². The van der Waals surface area contributed by atoms with Crippen LogP contribution >= 0.6 is 0 Å². The highest BCUT2D eigenvalue weighted by Gasteiger charge is 2.36. The topological polar surface area (TPSA) is 48.0 Å². The summed E-state index contributed by atoms with van der Waals surface area (Å²) in [5, 5.41) is 0. The van der Waals surface area contributed by atoms with Crippen molar-refractivity contribution in [3.05, 3.63) is 89.0 Å². The summed E-state index contributed by atoms with van der Waals surface area (Å²) in [4.78, 5) is 14.8. The molecule has 0 radical (unpaired) electrons. The summed E-state index contributed by atoms with van der Waals surface area (Å²) < 4.78 is 58.4. The Labute approximate surface area is 239 Å². The lowest BCUT2D eigenvalue weighted by molar-refractivity contribution is -0.143. The molecule has 0 aromatic heterocycles. The van der Waals surface area contributed by atoms with E-state index in [0.29, 0.717) is 23.7 Å². The van der Waals surface area contributed by atoms with E-state index in [4.69, 9.17) is 14.2 Å². The highest BCUT2D eigenvalue weighted by atomic mass is 19.4. The zero-order chi connectivity index (χ0) is 29.2. The molecule has 0 aliphatic carbocycles. The van der Waals surface area contributed by atoms with Crippen molar-refractivity contribution in [2.24, 2.45) is 5.41 Å². The molecule has 1 fully saturated rings. The maximum absolute atomic E-state index is 13.6. The first-order valence-electron chi connectivity index (χ1n) is 14.1. The molecule has 2 aliphatic rings. The highest BCUT2D eigenvalue weighted by Crippen LogP contribution is 2.48. The van der Waals surface area contributed by atoms with Crippen molar-refractivity contribution in [2.45, 2.75) is 51.6 Å². The Morgan fingerprint density at radius 1 is 0.927 bits per heavy atom. The van der Waals surface area contributed by atoms with E-state index in [0.717, 1.165) is 42.6 Å². The zero-order valence-corrected chi connectivity index (χ0v) is 23.7. The molecule has 0 N–H and O–H groups in total. The van der Waals surface area contributed by atoms with Gasteiger partial charge in [-0.15, -0.1) is 0 Å². The normalized spacial score (nSPS) is 19.4. The molecule has 5 rings (SSSR count). The van der Waals surface area contributed by atoms with Gasteiger partial charge in [-0.3, -0.25) is 9.69 Å². The van der Waals surface area contributed by atoms with Crippen molar-refractivity contribution < 1.29 is 32.2 Å². The number of likely N-dealkylation sites (tertiary alicyclic amines) is 1. The molecule has 5 nitrogen and oxygen atoms in total. The fraction of sp³-hybridized carbons (Fsp3) is 0.424. The lowest BCUT2D eigenvalue weighted by Crippen LogP contribution is -2.27. The molecule has 218 valence electrons. The van der Waals surface area contributed by atoms with Gasteiger partial charge in [0.05, 0.1) is 17.6 Å². The Bertz CT molecular complexity index is 1360. The average molecular weight is 568 g/mol. The Hall–Kier alpha value is -3.52. The molecular formula is C33H36F3NO4. The second-order valence-corrected chi connectivity index (χ2v) is 11.8. The van der Waals surface area contributed by atoms with Crippen LogP contribution in [0.4, 0.5) is 13.2 Å². The molecule has 0 spiro atoms. The van der Waals surface area contributed by atoms with Gasteiger partial charge in [0.2, 0.25) is 0 Å². The maximum atomic E-state index is 13.6. The fourth-order valence-electron chi connectivity index (χ4n) is 5.43. The van der Waals surface area contributed by atoms with E-state index in [1.54, 1.807) is 39.0 Å². The van der Waals surface area contributed by atoms with Crippen molar-refractivity contribution in [2.75, 3.05) is 32.8 Å². The third-order valence-corrected chi connectivity index (χ3v) is 7.72. The summed E-state index contributed by atoms with van der Waals surface area (Å²) in [6.07, 6.45) is -1.98. The first-order valence-corrected chi connectivity index (χ1v) is 14.1. The quantitative estimate of drug-likeness (QED) is 0.219. The number of carbonyl (C=O) groups excluding carboxylic acids is 1. The van der Waals surface area contributed by atoms with Crippen molar-refractivity contribution in [3.8, 4) is 17.2 Å². The van der Waals surface area contributed by atoms with Crippen LogP contribution in [-0.4, -0.2) is 43.7 Å². The Morgan fingerprint density at radius 2 is 1.63 bits per heavy atom. The molecule has 8 heteroatoms. The van der Waals surface area contributed by atoms with Gasteiger partial charge in [0, 0.05) is 30.0 Å². The van der Waals surface area contributed by atoms with E-state index in [1.807, 2.05) is 30.3 Å². The van der Waals surface area contributed by atoms with Gasteiger partial charge in [0.15, 0.2) is 0 Å². The van der Waals surface area contributed by atoms with Crippen LogP contribution in [0.1, 0.15) is 67.7 Å². The number of benzene rings is 3. The van der Waals surface area contributed by atoms with Crippen LogP contribution in [0.2, 0.25) is 0 Å². The summed E-state index contributed by atoms with van der Waals surface area (Å²) >= 11 is 0. The zero-order valence-electron chi connectivity index (χ0n) is 23.7. The minimum Gasteiger partial charge on any atom is -0.492 e. The van der Waals surface area contributed by atoms with E-state index >= 15 is 0 Å². The summed E-state index contributed by atoms with van der Waals surface area (Å²) in [7, 11) is 0. The third-order valence-electron chi connectivity index (χ3n) is 7.72. The highest BCUT2D eigenvalue weighted by molar-refractivity contribution is 5.78. The van der Waals surface area contributed by atoms with Crippen LogP contribution in [0.25, 0.3) is 0 Å². The van der Waals surface area contributed by atoms with Gasteiger partial charge in [-0.05, 0) is 82.1 Å². The number of esters is 1. The van der Waals surface area contributed by atoms with Gasteiger partial charge in [-0.25, -0.2) is 0 Å². The van der Waals surface area contributed by atoms with Gasteiger partial charge in [0.25, 0.3) is 0 Å². The van der Waals surface area contributed by atoms with Gasteiger partial charge in [-0.1, -0.05) is 36.4 Å². The van der Waals surface area contributed by atoms with Crippen LogP contribution < -0.4 is 14.2 Å². The Kier molecular flexibility index (Phi) is 8.32.